The lowest BCUT2D eigenvalue weighted by molar-refractivity contribution is -0.117. The van der Waals surface area contributed by atoms with E-state index in [1.54, 1.807) is 24.5 Å². The van der Waals surface area contributed by atoms with Gasteiger partial charge >= 0.3 is 0 Å². The van der Waals surface area contributed by atoms with Crippen LogP contribution in [-0.4, -0.2) is 41.7 Å². The van der Waals surface area contributed by atoms with Crippen molar-refractivity contribution in [3.63, 3.8) is 0 Å². The van der Waals surface area contributed by atoms with Crippen LogP contribution >= 0.6 is 11.3 Å². The molecule has 0 aliphatic rings. The lowest BCUT2D eigenvalue weighted by atomic mass is 10.2. The Balaban J connectivity index is 1.60. The first-order chi connectivity index (χ1) is 12.6. The Hall–Kier alpha value is -2.71. The molecule has 7 nitrogen and oxygen atoms in total. The predicted molar refractivity (Wildman–Crippen MR) is 100 cm³/mol. The molecule has 1 N–H and O–H groups in total. The molecule has 1 aromatic carbocycles. The number of carbonyl (C=O) groups is 1. The first-order valence-electron chi connectivity index (χ1n) is 8.08. The number of nitrogens with one attached hydrogen (secondary N) is 1. The van der Waals surface area contributed by atoms with Crippen LogP contribution in [0.1, 0.15) is 18.9 Å². The van der Waals surface area contributed by atoms with Crippen molar-refractivity contribution in [3.05, 3.63) is 47.7 Å². The summed E-state index contributed by atoms with van der Waals surface area (Å²) in [5.74, 6) is 1.53. The summed E-state index contributed by atoms with van der Waals surface area (Å²) in [6, 6.07) is 10.9. The number of amides is 1. The smallest absolute Gasteiger partial charge is 0.257 e. The van der Waals surface area contributed by atoms with Crippen molar-refractivity contribution in [2.24, 2.45) is 0 Å². The lowest BCUT2D eigenvalue weighted by Gasteiger charge is -2.21. The van der Waals surface area contributed by atoms with Gasteiger partial charge in [-0.15, -0.1) is 21.5 Å². The average molecular weight is 372 g/mol. The number of aromatic nitrogens is 2. The van der Waals surface area contributed by atoms with Crippen LogP contribution in [0.25, 0.3) is 10.8 Å². The first kappa shape index (κ1) is 18.1. The van der Waals surface area contributed by atoms with Gasteiger partial charge in [0.15, 0.2) is 0 Å². The largest absolute Gasteiger partial charge is 0.497 e. The van der Waals surface area contributed by atoms with Crippen molar-refractivity contribution in [1.29, 1.82) is 0 Å². The number of methoxy groups -OCH3 is 1. The zero-order valence-corrected chi connectivity index (χ0v) is 15.6. The molecule has 0 aliphatic carbocycles. The van der Waals surface area contributed by atoms with Gasteiger partial charge in [0.2, 0.25) is 11.8 Å². The van der Waals surface area contributed by atoms with Crippen molar-refractivity contribution >= 4 is 22.9 Å². The van der Waals surface area contributed by atoms with E-state index in [1.807, 2.05) is 54.6 Å². The van der Waals surface area contributed by atoms with E-state index in [-0.39, 0.29) is 18.5 Å². The Morgan fingerprint density at radius 3 is 2.92 bits per heavy atom. The van der Waals surface area contributed by atoms with Crippen molar-refractivity contribution in [3.8, 4) is 16.5 Å². The van der Waals surface area contributed by atoms with Gasteiger partial charge in [0.05, 0.1) is 24.6 Å². The second-order valence-electron chi connectivity index (χ2n) is 5.79. The Bertz CT molecular complexity index is 863. The van der Waals surface area contributed by atoms with Gasteiger partial charge in [-0.3, -0.25) is 9.69 Å². The lowest BCUT2D eigenvalue weighted by Crippen LogP contribution is -2.32. The van der Waals surface area contributed by atoms with Crippen LogP contribution in [0.3, 0.4) is 0 Å². The van der Waals surface area contributed by atoms with Crippen LogP contribution in [0.5, 0.6) is 5.75 Å². The van der Waals surface area contributed by atoms with Gasteiger partial charge in [0, 0.05) is 11.8 Å². The SMILES string of the molecule is COc1cccc(NC(=O)CN(C)[C@@H](C)c2nnc(-c3cccs3)o2)c1. The van der Waals surface area contributed by atoms with E-state index in [1.165, 1.54) is 0 Å². The number of hydrogen-bond acceptors (Lipinski definition) is 7. The van der Waals surface area contributed by atoms with E-state index >= 15 is 0 Å². The number of benzene rings is 1. The molecule has 0 bridgehead atoms. The van der Waals surface area contributed by atoms with Crippen molar-refractivity contribution in [2.75, 3.05) is 26.0 Å². The van der Waals surface area contributed by atoms with Crippen LogP contribution in [0.2, 0.25) is 0 Å². The molecule has 0 spiro atoms. The third kappa shape index (κ3) is 4.27. The highest BCUT2D eigenvalue weighted by Gasteiger charge is 2.21. The second-order valence-corrected chi connectivity index (χ2v) is 6.74. The van der Waals surface area contributed by atoms with Gasteiger partial charge in [-0.25, -0.2) is 0 Å². The van der Waals surface area contributed by atoms with Gasteiger partial charge < -0.3 is 14.5 Å². The minimum atomic E-state index is -0.188. The molecule has 3 aromatic rings. The zero-order chi connectivity index (χ0) is 18.5. The summed E-state index contributed by atoms with van der Waals surface area (Å²) in [7, 11) is 3.43. The van der Waals surface area contributed by atoms with Crippen LogP contribution in [0.15, 0.2) is 46.2 Å². The number of nitrogens with zero attached hydrogens (tertiary/aromatic N) is 3. The van der Waals surface area contributed by atoms with E-state index in [0.29, 0.717) is 23.2 Å². The molecule has 0 unspecified atom stereocenters. The summed E-state index contributed by atoms with van der Waals surface area (Å²) >= 11 is 1.54. The molecule has 1 amide bonds. The van der Waals surface area contributed by atoms with Gasteiger partial charge in [-0.05, 0) is 37.6 Å². The highest BCUT2D eigenvalue weighted by molar-refractivity contribution is 7.13. The fourth-order valence-corrected chi connectivity index (χ4v) is 3.00. The van der Waals surface area contributed by atoms with E-state index in [9.17, 15) is 4.79 Å². The van der Waals surface area contributed by atoms with E-state index < -0.39 is 0 Å². The quantitative estimate of drug-likeness (QED) is 0.684. The number of thiophene rings is 1. The van der Waals surface area contributed by atoms with Gasteiger partial charge in [-0.2, -0.15) is 0 Å². The number of hydrogen-bond donors (Lipinski definition) is 1. The van der Waals surface area contributed by atoms with Crippen molar-refractivity contribution < 1.29 is 13.9 Å². The fraction of sp³-hybridized carbons (Fsp3) is 0.278. The van der Waals surface area contributed by atoms with E-state index in [0.717, 1.165) is 4.88 Å². The fourth-order valence-electron chi connectivity index (χ4n) is 2.36. The molecule has 2 heterocycles. The van der Waals surface area contributed by atoms with Crippen LogP contribution in [0.4, 0.5) is 5.69 Å². The average Bonchev–Trinajstić information content (AvgIpc) is 3.32. The summed E-state index contributed by atoms with van der Waals surface area (Å²) in [5.41, 5.74) is 0.688. The van der Waals surface area contributed by atoms with Crippen molar-refractivity contribution in [2.45, 2.75) is 13.0 Å². The minimum Gasteiger partial charge on any atom is -0.497 e. The van der Waals surface area contributed by atoms with E-state index in [4.69, 9.17) is 9.15 Å². The summed E-state index contributed by atoms with van der Waals surface area (Å²) in [6.45, 7) is 2.11. The molecular formula is C18H20N4O3S. The minimum absolute atomic E-state index is 0.134. The maximum atomic E-state index is 12.3. The summed E-state index contributed by atoms with van der Waals surface area (Å²) in [5, 5.41) is 13.0. The number of anilines is 1. The van der Waals surface area contributed by atoms with Crippen LogP contribution in [0, 0.1) is 0 Å². The zero-order valence-electron chi connectivity index (χ0n) is 14.8. The Labute approximate surface area is 155 Å². The number of carbonyl (C=O) groups excluding carboxylic acids is 1. The third-order valence-electron chi connectivity index (χ3n) is 3.94. The highest BCUT2D eigenvalue weighted by atomic mass is 32.1. The maximum absolute atomic E-state index is 12.3. The standard InChI is InChI=1S/C18H20N4O3S/c1-12(17-20-21-18(25-17)15-8-5-9-26-15)22(2)11-16(23)19-13-6-4-7-14(10-13)24-3/h4-10,12H,11H2,1-3H3,(H,19,23)/t12-/m0/s1. The molecular weight excluding hydrogens is 352 g/mol. The van der Waals surface area contributed by atoms with Crippen LogP contribution in [-0.2, 0) is 4.79 Å². The number of rotatable bonds is 7. The Morgan fingerprint density at radius 2 is 2.19 bits per heavy atom. The van der Waals surface area contributed by atoms with Gasteiger partial charge in [0.25, 0.3) is 5.89 Å². The molecule has 3 rings (SSSR count). The van der Waals surface area contributed by atoms with Crippen molar-refractivity contribution in [1.82, 2.24) is 15.1 Å². The number of likely N-dealkylation sites (N-methyl/N-ethyl adjacent to an activating group) is 1. The highest BCUT2D eigenvalue weighted by Crippen LogP contribution is 2.26. The summed E-state index contributed by atoms with van der Waals surface area (Å²) in [4.78, 5) is 15.1. The Kier molecular flexibility index (Phi) is 5.65. The summed E-state index contributed by atoms with van der Waals surface area (Å²) < 4.78 is 10.9. The van der Waals surface area contributed by atoms with Crippen LogP contribution < -0.4 is 10.1 Å². The third-order valence-corrected chi connectivity index (χ3v) is 4.80. The van der Waals surface area contributed by atoms with Gasteiger partial charge in [-0.1, -0.05) is 12.1 Å². The molecule has 0 fully saturated rings. The topological polar surface area (TPSA) is 80.5 Å². The molecule has 26 heavy (non-hydrogen) atoms. The molecule has 8 heteroatoms. The molecule has 136 valence electrons. The monoisotopic (exact) mass is 372 g/mol. The predicted octanol–water partition coefficient (Wildman–Crippen LogP) is 3.44. The van der Waals surface area contributed by atoms with Gasteiger partial charge in [0.1, 0.15) is 5.75 Å². The molecule has 0 aliphatic heterocycles. The second kappa shape index (κ2) is 8.11. The molecule has 2 aromatic heterocycles. The molecule has 0 radical (unpaired) electrons. The molecule has 1 atom stereocenters. The Morgan fingerprint density at radius 1 is 1.35 bits per heavy atom. The van der Waals surface area contributed by atoms with E-state index in [2.05, 4.69) is 15.5 Å². The summed E-state index contributed by atoms with van der Waals surface area (Å²) in [6.07, 6.45) is 0. The molecule has 0 saturated carbocycles. The first-order valence-corrected chi connectivity index (χ1v) is 8.96. The maximum Gasteiger partial charge on any atom is 0.257 e. The normalized spacial score (nSPS) is 12.2. The number of ether oxygens (including phenoxy) is 1. The molecule has 0 saturated heterocycles.